The van der Waals surface area contributed by atoms with Gasteiger partial charge in [-0.05, 0) is 62.1 Å². The third kappa shape index (κ3) is 3.86. The maximum atomic E-state index is 13.4. The van der Waals surface area contributed by atoms with E-state index in [2.05, 4.69) is 5.10 Å². The molecule has 2 aromatic carbocycles. The first kappa shape index (κ1) is 18.5. The van der Waals surface area contributed by atoms with Crippen LogP contribution in [0.5, 0.6) is 11.5 Å². The molecule has 0 radical (unpaired) electrons. The van der Waals surface area contributed by atoms with Crippen LogP contribution in [0.3, 0.4) is 0 Å². The number of hydrazone groups is 1. The number of carbonyl (C=O) groups is 1. The third-order valence-corrected chi connectivity index (χ3v) is 5.20. The lowest BCUT2D eigenvalue weighted by Crippen LogP contribution is -2.23. The normalized spacial score (nSPS) is 16.9. The Labute approximate surface area is 163 Å². The minimum atomic E-state index is -0.432. The smallest absolute Gasteiger partial charge is 0.274 e. The molecule has 0 aromatic heterocycles. The van der Waals surface area contributed by atoms with Crippen molar-refractivity contribution in [3.05, 3.63) is 59.4 Å². The highest BCUT2D eigenvalue weighted by molar-refractivity contribution is 6.04. The van der Waals surface area contributed by atoms with Gasteiger partial charge in [-0.15, -0.1) is 0 Å². The first-order valence-electron chi connectivity index (χ1n) is 9.64. The van der Waals surface area contributed by atoms with Crippen LogP contribution >= 0.6 is 0 Å². The Balaban J connectivity index is 1.55. The second kappa shape index (κ2) is 8.00. The van der Waals surface area contributed by atoms with Crippen molar-refractivity contribution in [3.8, 4) is 11.5 Å². The molecule has 0 saturated heterocycles. The topological polar surface area (TPSA) is 51.1 Å². The Kier molecular flexibility index (Phi) is 5.28. The number of rotatable bonds is 5. The number of benzene rings is 2. The number of hydrogen-bond acceptors (Lipinski definition) is 4. The highest BCUT2D eigenvalue weighted by Gasteiger charge is 2.24. The summed E-state index contributed by atoms with van der Waals surface area (Å²) in [4.78, 5) is 12.6. The van der Waals surface area contributed by atoms with Crippen LogP contribution in [-0.4, -0.2) is 36.4 Å². The number of methoxy groups -OCH3 is 1. The molecule has 0 bridgehead atoms. The minimum Gasteiger partial charge on any atom is -0.493 e. The van der Waals surface area contributed by atoms with Crippen LogP contribution in [0.1, 0.15) is 48.0 Å². The van der Waals surface area contributed by atoms with Gasteiger partial charge in [0.25, 0.3) is 5.91 Å². The van der Waals surface area contributed by atoms with Crippen molar-refractivity contribution in [1.29, 1.82) is 0 Å². The summed E-state index contributed by atoms with van der Waals surface area (Å²) in [5.41, 5.74) is 2.01. The van der Waals surface area contributed by atoms with Gasteiger partial charge in [0, 0.05) is 17.5 Å². The monoisotopic (exact) mass is 382 g/mol. The summed E-state index contributed by atoms with van der Waals surface area (Å²) >= 11 is 0. The lowest BCUT2D eigenvalue weighted by atomic mass is 10.1. The fraction of sp³-hybridized carbons (Fsp3) is 0.364. The van der Waals surface area contributed by atoms with E-state index in [1.54, 1.807) is 13.2 Å². The van der Waals surface area contributed by atoms with Gasteiger partial charge in [0.05, 0.1) is 25.5 Å². The van der Waals surface area contributed by atoms with Crippen molar-refractivity contribution in [2.75, 3.05) is 13.7 Å². The molecule has 5 nitrogen and oxygen atoms in total. The highest BCUT2D eigenvalue weighted by Crippen LogP contribution is 2.33. The maximum absolute atomic E-state index is 13.4. The number of ether oxygens (including phenoxy) is 2. The molecular weight excluding hydrogens is 359 g/mol. The predicted molar refractivity (Wildman–Crippen MR) is 104 cm³/mol. The van der Waals surface area contributed by atoms with Crippen LogP contribution < -0.4 is 9.47 Å². The molecule has 2 aromatic rings. The van der Waals surface area contributed by atoms with Gasteiger partial charge in [-0.3, -0.25) is 4.79 Å². The van der Waals surface area contributed by atoms with E-state index in [9.17, 15) is 9.18 Å². The quantitative estimate of drug-likeness (QED) is 0.770. The fourth-order valence-corrected chi connectivity index (χ4v) is 3.71. The lowest BCUT2D eigenvalue weighted by molar-refractivity contribution is 0.0778. The molecule has 0 atom stereocenters. The lowest BCUT2D eigenvalue weighted by Gasteiger charge is -2.16. The molecule has 146 valence electrons. The van der Waals surface area contributed by atoms with Crippen LogP contribution in [0, 0.1) is 5.82 Å². The molecule has 1 amide bonds. The molecule has 6 heteroatoms. The highest BCUT2D eigenvalue weighted by atomic mass is 19.1. The zero-order valence-electron chi connectivity index (χ0n) is 15.9. The summed E-state index contributed by atoms with van der Waals surface area (Å²) in [5, 5.41) is 5.87. The van der Waals surface area contributed by atoms with Gasteiger partial charge in [0.15, 0.2) is 11.5 Å². The summed E-state index contributed by atoms with van der Waals surface area (Å²) in [6.45, 7) is 0.468. The summed E-state index contributed by atoms with van der Waals surface area (Å²) in [5.74, 6) is 0.676. The second-order valence-corrected chi connectivity index (χ2v) is 7.13. The number of halogens is 1. The molecule has 0 spiro atoms. The molecule has 1 fully saturated rings. The molecule has 28 heavy (non-hydrogen) atoms. The Morgan fingerprint density at radius 2 is 1.96 bits per heavy atom. The first-order valence-corrected chi connectivity index (χ1v) is 9.64. The van der Waals surface area contributed by atoms with E-state index < -0.39 is 5.82 Å². The van der Waals surface area contributed by atoms with Gasteiger partial charge < -0.3 is 9.47 Å². The Morgan fingerprint density at radius 3 is 2.71 bits per heavy atom. The summed E-state index contributed by atoms with van der Waals surface area (Å²) < 4.78 is 25.0. The summed E-state index contributed by atoms with van der Waals surface area (Å²) in [6.07, 6.45) is 5.36. The van der Waals surface area contributed by atoms with Gasteiger partial charge >= 0.3 is 0 Å². The molecule has 0 unspecified atom stereocenters. The van der Waals surface area contributed by atoms with Gasteiger partial charge in [0.1, 0.15) is 5.82 Å². The van der Waals surface area contributed by atoms with Crippen molar-refractivity contribution in [3.63, 3.8) is 0 Å². The number of carbonyl (C=O) groups excluding carboxylic acids is 1. The van der Waals surface area contributed by atoms with Crippen LogP contribution in [-0.2, 0) is 0 Å². The SMILES string of the molecule is COc1ccc(C2=NN(C(=O)c3cccc(F)c3)CC2)cc1OC1CCCC1. The van der Waals surface area contributed by atoms with E-state index in [1.807, 2.05) is 18.2 Å². The number of nitrogens with zero attached hydrogens (tertiary/aromatic N) is 2. The van der Waals surface area contributed by atoms with Crippen molar-refractivity contribution in [1.82, 2.24) is 5.01 Å². The number of hydrogen-bond donors (Lipinski definition) is 0. The fourth-order valence-electron chi connectivity index (χ4n) is 3.71. The van der Waals surface area contributed by atoms with Gasteiger partial charge in [-0.1, -0.05) is 6.07 Å². The average Bonchev–Trinajstić information content (AvgIpc) is 3.39. The predicted octanol–water partition coefficient (Wildman–Crippen LogP) is 4.41. The summed E-state index contributed by atoms with van der Waals surface area (Å²) in [7, 11) is 1.63. The van der Waals surface area contributed by atoms with Gasteiger partial charge in [-0.25, -0.2) is 9.40 Å². The third-order valence-electron chi connectivity index (χ3n) is 5.20. The molecule has 0 N–H and O–H groups in total. The van der Waals surface area contributed by atoms with E-state index in [4.69, 9.17) is 9.47 Å². The van der Waals surface area contributed by atoms with E-state index in [0.717, 1.165) is 24.1 Å². The van der Waals surface area contributed by atoms with Crippen LogP contribution in [0.4, 0.5) is 4.39 Å². The van der Waals surface area contributed by atoms with Crippen molar-refractivity contribution >= 4 is 11.6 Å². The van der Waals surface area contributed by atoms with Crippen molar-refractivity contribution in [2.45, 2.75) is 38.2 Å². The maximum Gasteiger partial charge on any atom is 0.274 e. The van der Waals surface area contributed by atoms with Crippen LogP contribution in [0.15, 0.2) is 47.6 Å². The van der Waals surface area contributed by atoms with E-state index in [-0.39, 0.29) is 12.0 Å². The standard InChI is InChI=1S/C22H23FN2O3/c1-27-20-10-9-15(14-21(20)28-18-7-2-3-8-18)19-11-12-25(24-19)22(26)16-5-4-6-17(23)13-16/h4-6,9-10,13-14,18H,2-3,7-8,11-12H2,1H3. The Bertz CT molecular complexity index is 906. The van der Waals surface area contributed by atoms with Crippen LogP contribution in [0.2, 0.25) is 0 Å². The molecular formula is C22H23FN2O3. The second-order valence-electron chi connectivity index (χ2n) is 7.13. The largest absolute Gasteiger partial charge is 0.493 e. The van der Waals surface area contributed by atoms with Crippen LogP contribution in [0.25, 0.3) is 0 Å². The van der Waals surface area contributed by atoms with Gasteiger partial charge in [-0.2, -0.15) is 5.10 Å². The molecule has 1 aliphatic carbocycles. The molecule has 1 saturated carbocycles. The summed E-state index contributed by atoms with van der Waals surface area (Å²) in [6, 6.07) is 11.4. The van der Waals surface area contributed by atoms with E-state index in [0.29, 0.717) is 30.0 Å². The minimum absolute atomic E-state index is 0.223. The van der Waals surface area contributed by atoms with Crippen molar-refractivity contribution in [2.24, 2.45) is 5.10 Å². The molecule has 1 heterocycles. The Morgan fingerprint density at radius 1 is 1.14 bits per heavy atom. The molecule has 1 aliphatic heterocycles. The molecule has 4 rings (SSSR count). The van der Waals surface area contributed by atoms with Gasteiger partial charge in [0.2, 0.25) is 0 Å². The number of amides is 1. The zero-order chi connectivity index (χ0) is 19.5. The van der Waals surface area contributed by atoms with E-state index in [1.165, 1.54) is 36.0 Å². The molecule has 2 aliphatic rings. The van der Waals surface area contributed by atoms with E-state index >= 15 is 0 Å². The average molecular weight is 382 g/mol. The first-order chi connectivity index (χ1) is 13.6. The van der Waals surface area contributed by atoms with Crippen molar-refractivity contribution < 1.29 is 18.7 Å². The zero-order valence-corrected chi connectivity index (χ0v) is 15.9. The Hall–Kier alpha value is -2.89.